The molecule has 0 atom stereocenters. The molecular weight excluding hydrogens is 465 g/mol. The first-order valence-corrected chi connectivity index (χ1v) is 19.1. The Morgan fingerprint density at radius 1 is 0.514 bits per heavy atom. The first kappa shape index (κ1) is 39.4. The van der Waals surface area contributed by atoms with Gasteiger partial charge in [-0.1, -0.05) is 176 Å². The van der Waals surface area contributed by atoms with Crippen molar-refractivity contribution in [3.05, 3.63) is 0 Å². The van der Waals surface area contributed by atoms with Crippen LogP contribution in [0.5, 0.6) is 0 Å². The molecule has 0 aliphatic heterocycles. The Bertz CT molecular complexity index is 406. The predicted molar refractivity (Wildman–Crippen MR) is 169 cm³/mol. The summed E-state index contributed by atoms with van der Waals surface area (Å²) < 4.78 is 3.23. The molecule has 2 nitrogen and oxygen atoms in total. The summed E-state index contributed by atoms with van der Waals surface area (Å²) in [4.78, 5) is 10.3. The molecule has 220 valence electrons. The van der Waals surface area contributed by atoms with Gasteiger partial charge in [0.25, 0.3) is 0 Å². The van der Waals surface area contributed by atoms with Gasteiger partial charge in [-0.2, -0.15) is 0 Å². The molecular formula is C34H70MgO2. The van der Waals surface area contributed by atoms with Crippen molar-refractivity contribution >= 4 is 26.3 Å². The molecule has 3 heteroatoms. The minimum Gasteiger partial charge on any atom is -0.481 e. The molecule has 0 aromatic carbocycles. The number of hydrogen-bond acceptors (Lipinski definition) is 1. The number of unbranched alkanes of at least 4 members (excludes halogenated alkanes) is 18. The number of rotatable bonds is 28. The van der Waals surface area contributed by atoms with Crippen LogP contribution in [-0.2, 0) is 4.79 Å². The second-order valence-electron chi connectivity index (χ2n) is 12.6. The van der Waals surface area contributed by atoms with Gasteiger partial charge >= 0.3 is 26.3 Å². The molecule has 0 rings (SSSR count). The smallest absolute Gasteiger partial charge is 0.364 e. The minimum atomic E-state index is -0.653. The molecule has 0 saturated heterocycles. The average molecular weight is 535 g/mol. The number of hydrogen-bond donors (Lipinski definition) is 1. The van der Waals surface area contributed by atoms with Crippen LogP contribution in [0.3, 0.4) is 0 Å². The molecule has 0 aromatic heterocycles. The Labute approximate surface area is 245 Å². The third-order valence-corrected chi connectivity index (χ3v) is 9.56. The van der Waals surface area contributed by atoms with Crippen molar-refractivity contribution < 1.29 is 9.90 Å². The first-order valence-electron chi connectivity index (χ1n) is 17.1. The van der Waals surface area contributed by atoms with Crippen LogP contribution in [0.2, 0.25) is 9.10 Å². The third kappa shape index (κ3) is 43.5. The van der Waals surface area contributed by atoms with Crippen molar-refractivity contribution in [2.24, 2.45) is 11.8 Å². The van der Waals surface area contributed by atoms with Gasteiger partial charge in [0.05, 0.1) is 0 Å². The van der Waals surface area contributed by atoms with Crippen LogP contribution in [0.4, 0.5) is 0 Å². The molecule has 1 N–H and O–H groups in total. The molecule has 37 heavy (non-hydrogen) atoms. The zero-order chi connectivity index (χ0) is 27.8. The topological polar surface area (TPSA) is 37.3 Å². The van der Waals surface area contributed by atoms with Crippen LogP contribution in [0.15, 0.2) is 0 Å². The van der Waals surface area contributed by atoms with E-state index >= 15 is 0 Å². The van der Waals surface area contributed by atoms with E-state index in [1.165, 1.54) is 135 Å². The summed E-state index contributed by atoms with van der Waals surface area (Å²) in [5.41, 5.74) is 0. The lowest BCUT2D eigenvalue weighted by Crippen LogP contribution is -1.93. The lowest BCUT2D eigenvalue weighted by molar-refractivity contribution is -0.137. The highest BCUT2D eigenvalue weighted by Gasteiger charge is 1.99. The highest BCUT2D eigenvalue weighted by molar-refractivity contribution is 6.35. The number of aliphatic carboxylic acids is 1. The van der Waals surface area contributed by atoms with Gasteiger partial charge in [-0.05, 0) is 18.3 Å². The maximum absolute atomic E-state index is 10.3. The minimum absolute atomic E-state index is 0.317. The lowest BCUT2D eigenvalue weighted by Gasteiger charge is -2.04. The summed E-state index contributed by atoms with van der Waals surface area (Å²) in [6.07, 6.45) is 32.1. The zero-order valence-corrected chi connectivity index (χ0v) is 28.0. The van der Waals surface area contributed by atoms with E-state index in [1.54, 1.807) is 9.10 Å². The molecule has 0 bridgehead atoms. The molecule has 0 aliphatic carbocycles. The van der Waals surface area contributed by atoms with Crippen molar-refractivity contribution in [2.75, 3.05) is 0 Å². The van der Waals surface area contributed by atoms with E-state index in [-0.39, 0.29) is 0 Å². The van der Waals surface area contributed by atoms with E-state index in [0.29, 0.717) is 26.8 Å². The summed E-state index contributed by atoms with van der Waals surface area (Å²) in [7, 11) is 0. The fourth-order valence-corrected chi connectivity index (χ4v) is 6.76. The molecule has 0 heterocycles. The summed E-state index contributed by atoms with van der Waals surface area (Å²) in [6, 6.07) is 0. The lowest BCUT2D eigenvalue weighted by atomic mass is 10.0. The van der Waals surface area contributed by atoms with Crippen LogP contribution < -0.4 is 0 Å². The Morgan fingerprint density at radius 3 is 1.16 bits per heavy atom. The van der Waals surface area contributed by atoms with Crippen LogP contribution >= 0.6 is 0 Å². The first-order chi connectivity index (χ1) is 17.9. The molecule has 0 aromatic rings. The van der Waals surface area contributed by atoms with E-state index in [0.717, 1.165) is 24.7 Å². The van der Waals surface area contributed by atoms with Gasteiger partial charge in [0.2, 0.25) is 0 Å². The second-order valence-corrected chi connectivity index (χ2v) is 14.8. The van der Waals surface area contributed by atoms with Gasteiger partial charge in [-0.25, -0.2) is 0 Å². The summed E-state index contributed by atoms with van der Waals surface area (Å²) in [5, 5.41) is 8.52. The highest BCUT2D eigenvalue weighted by Crippen LogP contribution is 2.14. The summed E-state index contributed by atoms with van der Waals surface area (Å²) in [6.45, 7) is 11.6. The van der Waals surface area contributed by atoms with E-state index in [1.807, 2.05) is 0 Å². The van der Waals surface area contributed by atoms with Crippen molar-refractivity contribution in [1.82, 2.24) is 0 Å². The van der Waals surface area contributed by atoms with Crippen molar-refractivity contribution in [3.63, 3.8) is 0 Å². The maximum Gasteiger partial charge on any atom is 0.364 e. The van der Waals surface area contributed by atoms with Gasteiger partial charge in [-0.3, -0.25) is 4.79 Å². The fraction of sp³-hybridized carbons (Fsp3) is 0.971. The Kier molecular flexibility index (Phi) is 36.5. The fourth-order valence-electron chi connectivity index (χ4n) is 4.99. The van der Waals surface area contributed by atoms with E-state index < -0.39 is 5.97 Å². The van der Waals surface area contributed by atoms with Gasteiger partial charge in [0.1, 0.15) is 0 Å². The highest BCUT2D eigenvalue weighted by atomic mass is 24.5. The van der Waals surface area contributed by atoms with Gasteiger partial charge in [-0.15, -0.1) is 9.10 Å². The van der Waals surface area contributed by atoms with E-state index in [9.17, 15) is 4.79 Å². The molecule has 0 saturated carbocycles. The van der Waals surface area contributed by atoms with Gasteiger partial charge in [0, 0.05) is 6.42 Å². The number of carbonyl (C=O) groups is 1. The van der Waals surface area contributed by atoms with Crippen LogP contribution in [0.1, 0.15) is 189 Å². The Hall–Kier alpha value is 0.236. The maximum atomic E-state index is 10.3. The molecule has 0 fully saturated rings. The Balaban J connectivity index is 0. The van der Waals surface area contributed by atoms with Crippen molar-refractivity contribution in [3.8, 4) is 0 Å². The molecule has 0 aliphatic rings. The summed E-state index contributed by atoms with van der Waals surface area (Å²) in [5.74, 6) is 1.17. The van der Waals surface area contributed by atoms with Crippen molar-refractivity contribution in [1.29, 1.82) is 0 Å². The zero-order valence-electron chi connectivity index (χ0n) is 26.6. The van der Waals surface area contributed by atoms with Gasteiger partial charge < -0.3 is 5.11 Å². The number of carboxylic acids is 1. The molecule has 0 spiro atoms. The van der Waals surface area contributed by atoms with Crippen LogP contribution in [0.25, 0.3) is 0 Å². The normalized spacial score (nSPS) is 11.0. The Morgan fingerprint density at radius 2 is 0.838 bits per heavy atom. The largest absolute Gasteiger partial charge is 0.481 e. The molecule has 0 unspecified atom stereocenters. The van der Waals surface area contributed by atoms with E-state index in [4.69, 9.17) is 5.11 Å². The predicted octanol–water partition coefficient (Wildman–Crippen LogP) is 12.3. The summed E-state index contributed by atoms with van der Waals surface area (Å²) >= 11 is 0.317. The van der Waals surface area contributed by atoms with Gasteiger partial charge in [0.15, 0.2) is 0 Å². The van der Waals surface area contributed by atoms with E-state index in [2.05, 4.69) is 34.6 Å². The standard InChI is InChI=1S/C18H36O2.2C8H17.Mg/c1-2-3-4-5-6-7-8-9-10-11-12-13-14-15-16-17-18(19)20;2*1-4-5-6-7-8(2)3;/h2-17H2,1H3,(H,19,20);2*8H,1,4-7H2,2-3H3;. The quantitative estimate of drug-likeness (QED) is 0.0800. The monoisotopic (exact) mass is 535 g/mol. The third-order valence-electron chi connectivity index (χ3n) is 7.56. The van der Waals surface area contributed by atoms with Crippen molar-refractivity contribution in [2.45, 2.75) is 198 Å². The molecule has 0 amide bonds. The average Bonchev–Trinajstić information content (AvgIpc) is 2.84. The van der Waals surface area contributed by atoms with Crippen LogP contribution in [0, 0.1) is 11.8 Å². The van der Waals surface area contributed by atoms with Crippen LogP contribution in [-0.4, -0.2) is 31.4 Å². The number of carboxylic acid groups (broad SMARTS) is 1. The second kappa shape index (κ2) is 34.3. The molecule has 0 radical (unpaired) electrons. The SMILES string of the molecule is CC(C)CCCC[CH2][Mg][CH2]CCCCC(C)C.CCCCCCCCCCCCCCCCCC(=O)O.